The molecule has 1 fully saturated rings. The Morgan fingerprint density at radius 1 is 1.22 bits per heavy atom. The van der Waals surface area contributed by atoms with Gasteiger partial charge in [-0.05, 0) is 24.0 Å². The quantitative estimate of drug-likeness (QED) is 0.856. The van der Waals surface area contributed by atoms with Gasteiger partial charge in [0.1, 0.15) is 0 Å². The maximum Gasteiger partial charge on any atom is 0.223 e. The van der Waals surface area contributed by atoms with Gasteiger partial charge in [-0.2, -0.15) is 0 Å². The van der Waals surface area contributed by atoms with Crippen molar-refractivity contribution in [3.05, 3.63) is 35.4 Å². The first kappa shape index (κ1) is 13.1. The molecule has 0 spiro atoms. The summed E-state index contributed by atoms with van der Waals surface area (Å²) >= 11 is 0. The zero-order chi connectivity index (χ0) is 12.8. The Bertz CT molecular complexity index is 397. The van der Waals surface area contributed by atoms with E-state index in [0.29, 0.717) is 13.1 Å². The molecule has 1 aliphatic rings. The average Bonchev–Trinajstić information content (AvgIpc) is 2.46. The highest BCUT2D eigenvalue weighted by Crippen LogP contribution is 2.23. The molecule has 3 heteroatoms. The van der Waals surface area contributed by atoms with E-state index in [-0.39, 0.29) is 11.8 Å². The fourth-order valence-electron chi connectivity index (χ4n) is 2.56. The minimum absolute atomic E-state index is 0.216. The van der Waals surface area contributed by atoms with Crippen molar-refractivity contribution in [2.24, 2.45) is 11.7 Å². The molecule has 1 aromatic rings. The van der Waals surface area contributed by atoms with E-state index in [1.807, 2.05) is 18.2 Å². The molecule has 0 saturated heterocycles. The molecule has 18 heavy (non-hydrogen) atoms. The molecule has 3 N–H and O–H groups in total. The molecular weight excluding hydrogens is 224 g/mol. The largest absolute Gasteiger partial charge is 0.352 e. The highest BCUT2D eigenvalue weighted by atomic mass is 16.1. The maximum absolute atomic E-state index is 12.0. The second kappa shape index (κ2) is 6.55. The first-order valence-corrected chi connectivity index (χ1v) is 6.85. The third-order valence-corrected chi connectivity index (χ3v) is 3.67. The minimum Gasteiger partial charge on any atom is -0.352 e. The molecule has 0 unspecified atom stereocenters. The Labute approximate surface area is 109 Å². The molecule has 3 nitrogen and oxygen atoms in total. The third-order valence-electron chi connectivity index (χ3n) is 3.67. The zero-order valence-corrected chi connectivity index (χ0v) is 10.8. The van der Waals surface area contributed by atoms with Gasteiger partial charge in [0.2, 0.25) is 5.91 Å². The lowest BCUT2D eigenvalue weighted by atomic mass is 9.88. The number of hydrogen-bond acceptors (Lipinski definition) is 2. The minimum atomic E-state index is 0.216. The van der Waals surface area contributed by atoms with Crippen LogP contribution in [0.15, 0.2) is 24.3 Å². The Kier molecular flexibility index (Phi) is 4.76. The van der Waals surface area contributed by atoms with Crippen LogP contribution >= 0.6 is 0 Å². The van der Waals surface area contributed by atoms with Gasteiger partial charge in [-0.15, -0.1) is 0 Å². The van der Waals surface area contributed by atoms with Gasteiger partial charge in [0.15, 0.2) is 0 Å². The SMILES string of the molecule is NCc1cccc(CNC(=O)C2CCCCC2)c1. The van der Waals surface area contributed by atoms with E-state index in [2.05, 4.69) is 11.4 Å². The summed E-state index contributed by atoms with van der Waals surface area (Å²) in [6, 6.07) is 8.08. The molecule has 0 heterocycles. The van der Waals surface area contributed by atoms with E-state index in [0.717, 1.165) is 24.0 Å². The number of carbonyl (C=O) groups excluding carboxylic acids is 1. The summed E-state index contributed by atoms with van der Waals surface area (Å²) in [4.78, 5) is 12.0. The van der Waals surface area contributed by atoms with Crippen molar-refractivity contribution >= 4 is 5.91 Å². The molecule has 0 atom stereocenters. The third kappa shape index (κ3) is 3.57. The Hall–Kier alpha value is -1.35. The number of nitrogens with one attached hydrogen (secondary N) is 1. The van der Waals surface area contributed by atoms with E-state index in [4.69, 9.17) is 5.73 Å². The lowest BCUT2D eigenvalue weighted by molar-refractivity contribution is -0.126. The number of hydrogen-bond donors (Lipinski definition) is 2. The van der Waals surface area contributed by atoms with Crippen LogP contribution < -0.4 is 11.1 Å². The van der Waals surface area contributed by atoms with Crippen molar-refractivity contribution in [2.75, 3.05) is 0 Å². The van der Waals surface area contributed by atoms with E-state index >= 15 is 0 Å². The lowest BCUT2D eigenvalue weighted by Crippen LogP contribution is -2.31. The molecule has 1 aliphatic carbocycles. The average molecular weight is 246 g/mol. The summed E-state index contributed by atoms with van der Waals surface area (Å²) in [5.41, 5.74) is 7.84. The molecule has 98 valence electrons. The first-order valence-electron chi connectivity index (χ1n) is 6.85. The van der Waals surface area contributed by atoms with Gasteiger partial charge in [0.25, 0.3) is 0 Å². The summed E-state index contributed by atoms with van der Waals surface area (Å²) in [5.74, 6) is 0.448. The molecule has 2 rings (SSSR count). The highest BCUT2D eigenvalue weighted by Gasteiger charge is 2.20. The van der Waals surface area contributed by atoms with Crippen LogP contribution in [-0.4, -0.2) is 5.91 Å². The summed E-state index contributed by atoms with van der Waals surface area (Å²) in [7, 11) is 0. The Balaban J connectivity index is 1.84. The summed E-state index contributed by atoms with van der Waals surface area (Å²) in [6.07, 6.45) is 5.77. The van der Waals surface area contributed by atoms with E-state index in [1.165, 1.54) is 19.3 Å². The predicted molar refractivity (Wildman–Crippen MR) is 72.8 cm³/mol. The van der Waals surface area contributed by atoms with Gasteiger partial charge in [0.05, 0.1) is 0 Å². The fraction of sp³-hybridized carbons (Fsp3) is 0.533. The molecule has 0 bridgehead atoms. The van der Waals surface area contributed by atoms with Crippen LogP contribution in [0.4, 0.5) is 0 Å². The first-order chi connectivity index (χ1) is 8.79. The molecule has 1 aromatic carbocycles. The number of rotatable bonds is 4. The number of carbonyl (C=O) groups is 1. The monoisotopic (exact) mass is 246 g/mol. The second-order valence-electron chi connectivity index (χ2n) is 5.08. The molecule has 0 radical (unpaired) electrons. The summed E-state index contributed by atoms with van der Waals surface area (Å²) < 4.78 is 0. The lowest BCUT2D eigenvalue weighted by Gasteiger charge is -2.20. The van der Waals surface area contributed by atoms with Gasteiger partial charge in [-0.3, -0.25) is 4.79 Å². The topological polar surface area (TPSA) is 55.1 Å². The van der Waals surface area contributed by atoms with Crippen LogP contribution in [0.2, 0.25) is 0 Å². The second-order valence-corrected chi connectivity index (χ2v) is 5.08. The van der Waals surface area contributed by atoms with E-state index in [1.54, 1.807) is 0 Å². The molecule has 1 amide bonds. The normalized spacial score (nSPS) is 16.5. The molecule has 1 saturated carbocycles. The predicted octanol–water partition coefficient (Wildman–Crippen LogP) is 2.34. The zero-order valence-electron chi connectivity index (χ0n) is 10.8. The van der Waals surface area contributed by atoms with Crippen LogP contribution in [0.25, 0.3) is 0 Å². The van der Waals surface area contributed by atoms with Crippen molar-refractivity contribution in [1.82, 2.24) is 5.32 Å². The molecular formula is C15H22N2O. The fourth-order valence-corrected chi connectivity index (χ4v) is 2.56. The van der Waals surface area contributed by atoms with Gasteiger partial charge in [-0.1, -0.05) is 43.5 Å². The smallest absolute Gasteiger partial charge is 0.223 e. The van der Waals surface area contributed by atoms with Crippen molar-refractivity contribution in [2.45, 2.75) is 45.2 Å². The number of benzene rings is 1. The number of amides is 1. The molecule has 0 aliphatic heterocycles. The Morgan fingerprint density at radius 2 is 1.94 bits per heavy atom. The van der Waals surface area contributed by atoms with Crippen LogP contribution in [-0.2, 0) is 17.9 Å². The van der Waals surface area contributed by atoms with Crippen molar-refractivity contribution in [3.8, 4) is 0 Å². The summed E-state index contributed by atoms with van der Waals surface area (Å²) in [5, 5.41) is 3.04. The standard InChI is InChI=1S/C15H22N2O/c16-10-12-5-4-6-13(9-12)11-17-15(18)14-7-2-1-3-8-14/h4-6,9,14H,1-3,7-8,10-11,16H2,(H,17,18). The summed E-state index contributed by atoms with van der Waals surface area (Å²) in [6.45, 7) is 1.16. The van der Waals surface area contributed by atoms with Crippen LogP contribution in [0, 0.1) is 5.92 Å². The van der Waals surface area contributed by atoms with Crippen LogP contribution in [0.5, 0.6) is 0 Å². The maximum atomic E-state index is 12.0. The van der Waals surface area contributed by atoms with Crippen molar-refractivity contribution in [3.63, 3.8) is 0 Å². The van der Waals surface area contributed by atoms with Crippen molar-refractivity contribution in [1.29, 1.82) is 0 Å². The van der Waals surface area contributed by atoms with E-state index < -0.39 is 0 Å². The Morgan fingerprint density at radius 3 is 2.67 bits per heavy atom. The van der Waals surface area contributed by atoms with Gasteiger partial charge >= 0.3 is 0 Å². The van der Waals surface area contributed by atoms with Gasteiger partial charge in [-0.25, -0.2) is 0 Å². The van der Waals surface area contributed by atoms with Gasteiger partial charge in [0, 0.05) is 19.0 Å². The van der Waals surface area contributed by atoms with Crippen LogP contribution in [0.1, 0.15) is 43.2 Å². The molecule has 0 aromatic heterocycles. The highest BCUT2D eigenvalue weighted by molar-refractivity contribution is 5.78. The van der Waals surface area contributed by atoms with E-state index in [9.17, 15) is 4.79 Å². The van der Waals surface area contributed by atoms with Gasteiger partial charge < -0.3 is 11.1 Å². The van der Waals surface area contributed by atoms with Crippen LogP contribution in [0.3, 0.4) is 0 Å². The van der Waals surface area contributed by atoms with Crippen molar-refractivity contribution < 1.29 is 4.79 Å². The number of nitrogens with two attached hydrogens (primary N) is 1.